The van der Waals surface area contributed by atoms with Crippen molar-refractivity contribution in [2.75, 3.05) is 6.61 Å². The molecule has 1 heterocycles. The highest BCUT2D eigenvalue weighted by atomic mass is 127. The standard InChI is InChI=1S/C16H16IN3O3/c17-13-3-1-2-11(8-13)9-19-16(23)14(10-21)20-15(22)12-4-6-18-7-5-12/h1-8,14,21H,9-10H2,(H,19,23)(H,20,22)/t14-/m0/s1. The van der Waals surface area contributed by atoms with Gasteiger partial charge in [0.25, 0.3) is 5.91 Å². The minimum absolute atomic E-state index is 0.331. The van der Waals surface area contributed by atoms with Crippen molar-refractivity contribution >= 4 is 34.4 Å². The summed E-state index contributed by atoms with van der Waals surface area (Å²) in [5.41, 5.74) is 1.33. The van der Waals surface area contributed by atoms with Gasteiger partial charge in [-0.3, -0.25) is 14.6 Å². The molecule has 0 saturated carbocycles. The number of nitrogens with one attached hydrogen (secondary N) is 2. The van der Waals surface area contributed by atoms with Crippen LogP contribution in [-0.2, 0) is 11.3 Å². The second-order valence-electron chi connectivity index (χ2n) is 4.79. The number of carbonyl (C=O) groups excluding carboxylic acids is 2. The van der Waals surface area contributed by atoms with Crippen molar-refractivity contribution in [2.24, 2.45) is 0 Å². The van der Waals surface area contributed by atoms with Crippen molar-refractivity contribution in [3.8, 4) is 0 Å². The van der Waals surface area contributed by atoms with Gasteiger partial charge >= 0.3 is 0 Å². The van der Waals surface area contributed by atoms with Crippen LogP contribution in [0, 0.1) is 3.57 Å². The first-order valence-electron chi connectivity index (χ1n) is 6.94. The van der Waals surface area contributed by atoms with Crippen LogP contribution in [-0.4, -0.2) is 34.6 Å². The summed E-state index contributed by atoms with van der Waals surface area (Å²) in [5, 5.41) is 14.5. The SMILES string of the molecule is O=C(N[C@@H](CO)C(=O)NCc1cccc(I)c1)c1ccncc1. The maximum Gasteiger partial charge on any atom is 0.252 e. The second kappa shape index (κ2) is 8.59. The Morgan fingerprint density at radius 1 is 1.22 bits per heavy atom. The number of benzene rings is 1. The van der Waals surface area contributed by atoms with Crippen LogP contribution in [0.2, 0.25) is 0 Å². The van der Waals surface area contributed by atoms with Crippen LogP contribution in [0.1, 0.15) is 15.9 Å². The molecule has 0 aliphatic heterocycles. The largest absolute Gasteiger partial charge is 0.394 e. The Morgan fingerprint density at radius 2 is 1.96 bits per heavy atom. The highest BCUT2D eigenvalue weighted by molar-refractivity contribution is 14.1. The van der Waals surface area contributed by atoms with E-state index in [9.17, 15) is 14.7 Å². The average Bonchev–Trinajstić information content (AvgIpc) is 2.58. The van der Waals surface area contributed by atoms with E-state index in [0.717, 1.165) is 9.13 Å². The Hall–Kier alpha value is -2.00. The van der Waals surface area contributed by atoms with Crippen molar-refractivity contribution in [3.05, 3.63) is 63.5 Å². The van der Waals surface area contributed by atoms with Gasteiger partial charge in [-0.2, -0.15) is 0 Å². The summed E-state index contributed by atoms with van der Waals surface area (Å²) < 4.78 is 1.07. The normalized spacial score (nSPS) is 11.6. The number of aliphatic hydroxyl groups excluding tert-OH is 1. The first kappa shape index (κ1) is 17.4. The van der Waals surface area contributed by atoms with E-state index in [2.05, 4.69) is 38.2 Å². The molecule has 0 spiro atoms. The summed E-state index contributed by atoms with van der Waals surface area (Å²) in [7, 11) is 0. The molecule has 0 bridgehead atoms. The van der Waals surface area contributed by atoms with Gasteiger partial charge in [0.05, 0.1) is 6.61 Å². The Balaban J connectivity index is 1.92. The number of hydrogen-bond donors (Lipinski definition) is 3. The predicted octanol–water partition coefficient (Wildman–Crippen LogP) is 1.09. The summed E-state index contributed by atoms with van der Waals surface area (Å²) in [6.07, 6.45) is 2.97. The van der Waals surface area contributed by atoms with Crippen molar-refractivity contribution in [1.82, 2.24) is 15.6 Å². The number of aliphatic hydroxyl groups is 1. The van der Waals surface area contributed by atoms with Gasteiger partial charge in [0.2, 0.25) is 5.91 Å². The minimum Gasteiger partial charge on any atom is -0.394 e. The molecule has 2 rings (SSSR count). The molecule has 120 valence electrons. The summed E-state index contributed by atoms with van der Waals surface area (Å²) in [5.74, 6) is -0.871. The van der Waals surface area contributed by atoms with E-state index in [-0.39, 0.29) is 0 Å². The molecule has 0 fully saturated rings. The van der Waals surface area contributed by atoms with Gasteiger partial charge in [-0.15, -0.1) is 0 Å². The lowest BCUT2D eigenvalue weighted by atomic mass is 10.2. The fourth-order valence-electron chi connectivity index (χ4n) is 1.90. The highest BCUT2D eigenvalue weighted by Crippen LogP contribution is 2.07. The van der Waals surface area contributed by atoms with E-state index in [1.807, 2.05) is 24.3 Å². The number of halogens is 1. The molecule has 0 aliphatic carbocycles. The van der Waals surface area contributed by atoms with Crippen molar-refractivity contribution in [3.63, 3.8) is 0 Å². The molecule has 0 radical (unpaired) electrons. The fraction of sp³-hybridized carbons (Fsp3) is 0.188. The average molecular weight is 425 g/mol. The number of carbonyl (C=O) groups is 2. The molecule has 23 heavy (non-hydrogen) atoms. The fourth-order valence-corrected chi connectivity index (χ4v) is 2.51. The third-order valence-electron chi connectivity index (χ3n) is 3.10. The third-order valence-corrected chi connectivity index (χ3v) is 3.77. The lowest BCUT2D eigenvalue weighted by Gasteiger charge is -2.16. The summed E-state index contributed by atoms with van der Waals surface area (Å²) >= 11 is 2.19. The molecule has 0 aliphatic rings. The van der Waals surface area contributed by atoms with Crippen molar-refractivity contribution < 1.29 is 14.7 Å². The first-order valence-corrected chi connectivity index (χ1v) is 8.02. The number of pyridine rings is 1. The summed E-state index contributed by atoms with van der Waals surface area (Å²) in [4.78, 5) is 27.9. The molecule has 1 aromatic carbocycles. The zero-order chi connectivity index (χ0) is 16.7. The van der Waals surface area contributed by atoms with Gasteiger partial charge in [-0.05, 0) is 52.4 Å². The molecule has 1 aromatic heterocycles. The molecule has 1 atom stereocenters. The van der Waals surface area contributed by atoms with E-state index < -0.39 is 24.5 Å². The molecule has 0 saturated heterocycles. The third kappa shape index (κ3) is 5.29. The van der Waals surface area contributed by atoms with E-state index in [1.165, 1.54) is 24.5 Å². The smallest absolute Gasteiger partial charge is 0.252 e. The topological polar surface area (TPSA) is 91.3 Å². The molecule has 3 N–H and O–H groups in total. The number of rotatable bonds is 6. The van der Waals surface area contributed by atoms with Crippen LogP contribution < -0.4 is 10.6 Å². The Kier molecular flexibility index (Phi) is 6.48. The number of nitrogens with zero attached hydrogens (tertiary/aromatic N) is 1. The molecule has 2 amide bonds. The monoisotopic (exact) mass is 425 g/mol. The molecular weight excluding hydrogens is 409 g/mol. The highest BCUT2D eigenvalue weighted by Gasteiger charge is 2.20. The Bertz CT molecular complexity index is 679. The number of aromatic nitrogens is 1. The van der Waals surface area contributed by atoms with Gasteiger partial charge in [0.15, 0.2) is 0 Å². The quantitative estimate of drug-likeness (QED) is 0.605. The van der Waals surface area contributed by atoms with E-state index in [4.69, 9.17) is 0 Å². The minimum atomic E-state index is -1.00. The second-order valence-corrected chi connectivity index (χ2v) is 6.04. The van der Waals surface area contributed by atoms with Gasteiger partial charge in [0, 0.05) is 28.1 Å². The predicted molar refractivity (Wildman–Crippen MR) is 93.6 cm³/mol. The van der Waals surface area contributed by atoms with Gasteiger partial charge < -0.3 is 15.7 Å². The van der Waals surface area contributed by atoms with E-state index in [0.29, 0.717) is 12.1 Å². The number of amides is 2. The van der Waals surface area contributed by atoms with Crippen molar-refractivity contribution in [2.45, 2.75) is 12.6 Å². The molecule has 2 aromatic rings. The van der Waals surface area contributed by atoms with Crippen LogP contribution in [0.25, 0.3) is 0 Å². The zero-order valence-electron chi connectivity index (χ0n) is 12.2. The van der Waals surface area contributed by atoms with Crippen LogP contribution in [0.15, 0.2) is 48.8 Å². The Labute approximate surface area is 147 Å². The molecule has 0 unspecified atom stereocenters. The lowest BCUT2D eigenvalue weighted by molar-refractivity contribution is -0.124. The van der Waals surface area contributed by atoms with Gasteiger partial charge in [-0.1, -0.05) is 12.1 Å². The first-order chi connectivity index (χ1) is 11.1. The molecule has 7 heteroatoms. The van der Waals surface area contributed by atoms with E-state index >= 15 is 0 Å². The summed E-state index contributed by atoms with van der Waals surface area (Å²) in [6, 6.07) is 9.77. The maximum atomic E-state index is 12.1. The van der Waals surface area contributed by atoms with Crippen LogP contribution >= 0.6 is 22.6 Å². The molecular formula is C16H16IN3O3. The van der Waals surface area contributed by atoms with Gasteiger partial charge in [0.1, 0.15) is 6.04 Å². The van der Waals surface area contributed by atoms with Gasteiger partial charge in [-0.25, -0.2) is 0 Å². The number of hydrogen-bond acceptors (Lipinski definition) is 4. The van der Waals surface area contributed by atoms with Crippen LogP contribution in [0.5, 0.6) is 0 Å². The summed E-state index contributed by atoms with van der Waals surface area (Å²) in [6.45, 7) is -0.147. The van der Waals surface area contributed by atoms with Crippen molar-refractivity contribution in [1.29, 1.82) is 0 Å². The van der Waals surface area contributed by atoms with E-state index in [1.54, 1.807) is 0 Å². The Morgan fingerprint density at radius 3 is 2.61 bits per heavy atom. The maximum absolute atomic E-state index is 12.1. The van der Waals surface area contributed by atoms with Crippen LogP contribution in [0.3, 0.4) is 0 Å². The lowest BCUT2D eigenvalue weighted by Crippen LogP contribution is -2.48. The molecule has 6 nitrogen and oxygen atoms in total. The van der Waals surface area contributed by atoms with Crippen LogP contribution in [0.4, 0.5) is 0 Å². The zero-order valence-corrected chi connectivity index (χ0v) is 14.4.